The fourth-order valence-electron chi connectivity index (χ4n) is 15.3. The summed E-state index contributed by atoms with van der Waals surface area (Å²) in [6.07, 6.45) is -14.7. The monoisotopic (exact) mass is 971 g/mol. The van der Waals surface area contributed by atoms with Gasteiger partial charge in [-0.2, -0.15) is 0 Å². The molecule has 8 rings (SSSR count). The molecule has 5 aliphatic carbocycles. The molecule has 0 aromatic rings. The second-order valence-electron chi connectivity index (χ2n) is 23.3. The van der Waals surface area contributed by atoms with Crippen molar-refractivity contribution in [3.05, 3.63) is 11.6 Å². The van der Waals surface area contributed by atoms with Crippen LogP contribution in [0.1, 0.15) is 113 Å². The molecule has 3 saturated heterocycles. The molecular weight excluding hydrogens is 893 g/mol. The van der Waals surface area contributed by atoms with Gasteiger partial charge in [0.1, 0.15) is 67.1 Å². The van der Waals surface area contributed by atoms with E-state index >= 15 is 0 Å². The topological polar surface area (TPSA) is 301 Å². The van der Waals surface area contributed by atoms with Gasteiger partial charge in [0, 0.05) is 0 Å². The third-order valence-electron chi connectivity index (χ3n) is 19.7. The van der Waals surface area contributed by atoms with Crippen molar-refractivity contribution in [2.45, 2.75) is 211 Å². The lowest BCUT2D eigenvalue weighted by molar-refractivity contribution is -0.367. The van der Waals surface area contributed by atoms with Crippen LogP contribution >= 0.6 is 0 Å². The zero-order valence-corrected chi connectivity index (χ0v) is 40.7. The van der Waals surface area contributed by atoms with Crippen molar-refractivity contribution >= 4 is 11.9 Å². The number of hydrogen-bond donors (Lipinski definition) is 10. The molecule has 68 heavy (non-hydrogen) atoms. The summed E-state index contributed by atoms with van der Waals surface area (Å²) in [6.45, 7) is 13.4. The summed E-state index contributed by atoms with van der Waals surface area (Å²) in [5, 5.41) is 106. The van der Waals surface area contributed by atoms with Gasteiger partial charge in [0.15, 0.2) is 12.6 Å². The first kappa shape index (κ1) is 52.4. The standard InChI is InChI=1S/C49H78O19/c1-22-30(52)33(55)35(57)39(63-22)67-38-32(54)26(21-51)65-41(37(38)59)66-29-12-13-46(5)27(44(29,2)3)11-14-48(7)28(46)10-9-23-24-19-45(4,42(60)62-8)15-17-49(24,18-16-47(23,48)6)43(61)68-40-36(58)34(56)31(53)25(20-50)64-40/h9,22,24-41,50-59H,10-21H2,1-8H3/t22-,24?,25+,26+,27?,28?,29-,30-,31+,32+,33+,34-,35+,36+,37+,38-,39-,40-,41-,45-,46-,47+,48+,49-/m0/s1. The first-order chi connectivity index (χ1) is 31.8. The van der Waals surface area contributed by atoms with Gasteiger partial charge >= 0.3 is 11.9 Å². The van der Waals surface area contributed by atoms with Crippen LogP contribution in [0.3, 0.4) is 0 Å². The minimum atomic E-state index is -1.76. The number of carbonyl (C=O) groups excluding carboxylic acids is 2. The quantitative estimate of drug-likeness (QED) is 0.0846. The maximum atomic E-state index is 14.8. The van der Waals surface area contributed by atoms with E-state index in [0.717, 1.165) is 24.8 Å². The minimum Gasteiger partial charge on any atom is -0.469 e. The van der Waals surface area contributed by atoms with Crippen molar-refractivity contribution in [3.8, 4) is 0 Å². The molecule has 0 radical (unpaired) electrons. The fraction of sp³-hybridized carbons (Fsp3) is 0.918. The molecule has 3 heterocycles. The number of esters is 2. The van der Waals surface area contributed by atoms with Crippen LogP contribution in [-0.4, -0.2) is 182 Å². The van der Waals surface area contributed by atoms with E-state index in [1.807, 2.05) is 6.92 Å². The first-order valence-corrected chi connectivity index (χ1v) is 24.7. The van der Waals surface area contributed by atoms with E-state index < -0.39 is 145 Å². The van der Waals surface area contributed by atoms with Crippen LogP contribution in [0.15, 0.2) is 11.6 Å². The van der Waals surface area contributed by atoms with Crippen LogP contribution in [-0.2, 0) is 42.7 Å². The van der Waals surface area contributed by atoms with Gasteiger partial charge in [0.25, 0.3) is 0 Å². The Balaban J connectivity index is 1.05. The average Bonchev–Trinajstić information content (AvgIpc) is 3.30. The molecule has 388 valence electrons. The van der Waals surface area contributed by atoms with E-state index in [2.05, 4.69) is 40.7 Å². The van der Waals surface area contributed by atoms with Gasteiger partial charge in [-0.15, -0.1) is 0 Å². The summed E-state index contributed by atoms with van der Waals surface area (Å²) in [7, 11) is 1.37. The summed E-state index contributed by atoms with van der Waals surface area (Å²) in [5.74, 6) is -1.11. The highest BCUT2D eigenvalue weighted by atomic mass is 16.7. The number of allylic oxidation sites excluding steroid dienone is 2. The van der Waals surface area contributed by atoms with Crippen molar-refractivity contribution in [1.82, 2.24) is 0 Å². The van der Waals surface area contributed by atoms with Gasteiger partial charge in [-0.1, -0.05) is 46.3 Å². The van der Waals surface area contributed by atoms with Gasteiger partial charge in [0.05, 0.1) is 43.4 Å². The van der Waals surface area contributed by atoms with Crippen molar-refractivity contribution < 1.29 is 93.8 Å². The number of aliphatic hydroxyl groups is 10. The number of ether oxygens (including phenoxy) is 7. The van der Waals surface area contributed by atoms with Crippen molar-refractivity contribution in [3.63, 3.8) is 0 Å². The molecule has 19 nitrogen and oxygen atoms in total. The van der Waals surface area contributed by atoms with E-state index in [1.165, 1.54) is 14.0 Å². The molecule has 0 aromatic carbocycles. The van der Waals surface area contributed by atoms with E-state index in [9.17, 15) is 60.7 Å². The molecule has 3 aliphatic heterocycles. The van der Waals surface area contributed by atoms with Gasteiger partial charge in [0.2, 0.25) is 6.29 Å². The molecule has 0 amide bonds. The lowest BCUT2D eigenvalue weighted by atomic mass is 9.33. The van der Waals surface area contributed by atoms with E-state index in [4.69, 9.17) is 33.2 Å². The van der Waals surface area contributed by atoms with Crippen LogP contribution in [0.2, 0.25) is 0 Å². The summed E-state index contributed by atoms with van der Waals surface area (Å²) >= 11 is 0. The van der Waals surface area contributed by atoms with Crippen molar-refractivity contribution in [1.29, 1.82) is 0 Å². The number of hydrogen-bond acceptors (Lipinski definition) is 19. The Kier molecular flexibility index (Phi) is 14.3. The molecule has 3 unspecified atom stereocenters. The van der Waals surface area contributed by atoms with Gasteiger partial charge in [-0.25, -0.2) is 0 Å². The lowest BCUT2D eigenvalue weighted by Crippen LogP contribution is -2.67. The van der Waals surface area contributed by atoms with Crippen LogP contribution < -0.4 is 0 Å². The Morgan fingerprint density at radius 2 is 1.25 bits per heavy atom. The normalized spacial score (nSPS) is 53.4. The van der Waals surface area contributed by atoms with Crippen LogP contribution in [0.5, 0.6) is 0 Å². The Hall–Kier alpha value is -1.92. The zero-order valence-electron chi connectivity index (χ0n) is 40.7. The molecule has 0 spiro atoms. The predicted octanol–water partition coefficient (Wildman–Crippen LogP) is 0.321. The van der Waals surface area contributed by atoms with E-state index in [0.29, 0.717) is 44.9 Å². The summed E-state index contributed by atoms with van der Waals surface area (Å²) in [6, 6.07) is 0. The Labute approximate surface area is 398 Å². The Morgan fingerprint density at radius 3 is 1.91 bits per heavy atom. The third kappa shape index (κ3) is 7.95. The molecule has 24 atom stereocenters. The molecule has 19 heteroatoms. The molecule has 8 aliphatic rings. The highest BCUT2D eigenvalue weighted by molar-refractivity contribution is 5.81. The number of methoxy groups -OCH3 is 1. The smallest absolute Gasteiger partial charge is 0.315 e. The number of fused-ring (bicyclic) bond motifs is 7. The molecule has 10 N–H and O–H groups in total. The van der Waals surface area contributed by atoms with Crippen LogP contribution in [0.4, 0.5) is 0 Å². The number of carbonyl (C=O) groups is 2. The van der Waals surface area contributed by atoms with Crippen LogP contribution in [0.25, 0.3) is 0 Å². The van der Waals surface area contributed by atoms with Crippen LogP contribution in [0, 0.1) is 50.2 Å². The average molecular weight is 971 g/mol. The molecule has 0 aromatic heterocycles. The minimum absolute atomic E-state index is 0.131. The second-order valence-corrected chi connectivity index (χ2v) is 23.3. The lowest BCUT2D eigenvalue weighted by Gasteiger charge is -2.71. The van der Waals surface area contributed by atoms with Crippen molar-refractivity contribution in [2.75, 3.05) is 20.3 Å². The second kappa shape index (κ2) is 18.5. The third-order valence-corrected chi connectivity index (χ3v) is 19.7. The SMILES string of the molecule is COC(=O)[C@@]1(C)CC[C@]2(C(=O)O[C@@H]3O[C@H](CO)[C@@H](O)[C@H](O)[C@H]3O)CC[C@]3(C)C(=CCC4[C@@]5(C)CC[C@H](O[C@@H]6O[C@H](CO)[C@@H](O)[C@H](O[C@@H]7O[C@@H](C)[C@H](O)[C@@H](O)[C@H]7O)[C@H]6O)C(C)(C)C5CC[C@]43C)C2C1. The zero-order chi connectivity index (χ0) is 49.8. The van der Waals surface area contributed by atoms with E-state index in [-0.39, 0.29) is 28.6 Å². The molecule has 7 fully saturated rings. The van der Waals surface area contributed by atoms with Crippen molar-refractivity contribution in [2.24, 2.45) is 50.2 Å². The molecule has 0 bridgehead atoms. The maximum absolute atomic E-state index is 14.8. The fourth-order valence-corrected chi connectivity index (χ4v) is 15.3. The summed E-state index contributed by atoms with van der Waals surface area (Å²) in [5.41, 5.74) is -2.26. The summed E-state index contributed by atoms with van der Waals surface area (Å²) < 4.78 is 41.2. The van der Waals surface area contributed by atoms with Gasteiger partial charge < -0.3 is 84.2 Å². The molecule has 4 saturated carbocycles. The number of aliphatic hydroxyl groups excluding tert-OH is 10. The maximum Gasteiger partial charge on any atom is 0.315 e. The van der Waals surface area contributed by atoms with E-state index in [1.54, 1.807) is 0 Å². The Morgan fingerprint density at radius 1 is 0.647 bits per heavy atom. The first-order valence-electron chi connectivity index (χ1n) is 24.7. The van der Waals surface area contributed by atoms with Gasteiger partial charge in [-0.05, 0) is 117 Å². The predicted molar refractivity (Wildman–Crippen MR) is 235 cm³/mol. The largest absolute Gasteiger partial charge is 0.469 e. The summed E-state index contributed by atoms with van der Waals surface area (Å²) in [4.78, 5) is 28.3. The molecular formula is C49H78O19. The Bertz CT molecular complexity index is 1900. The highest BCUT2D eigenvalue weighted by Gasteiger charge is 2.71. The highest BCUT2D eigenvalue weighted by Crippen LogP contribution is 2.76. The van der Waals surface area contributed by atoms with Gasteiger partial charge in [-0.3, -0.25) is 9.59 Å². The number of rotatable bonds is 9.